The number of sulfonamides is 1. The maximum absolute atomic E-state index is 12.9. The number of rotatable bonds is 6. The second kappa shape index (κ2) is 7.65. The van der Waals surface area contributed by atoms with Gasteiger partial charge in [0.1, 0.15) is 5.82 Å². The van der Waals surface area contributed by atoms with Gasteiger partial charge in [-0.05, 0) is 54.8 Å². The van der Waals surface area contributed by atoms with Gasteiger partial charge in [-0.15, -0.1) is 0 Å². The summed E-state index contributed by atoms with van der Waals surface area (Å²) in [6, 6.07) is 9.35. The van der Waals surface area contributed by atoms with E-state index in [1.165, 1.54) is 24.3 Å². The number of hydrogen-bond acceptors (Lipinski definition) is 3. The minimum atomic E-state index is -3.88. The van der Waals surface area contributed by atoms with Crippen LogP contribution in [-0.2, 0) is 10.0 Å². The summed E-state index contributed by atoms with van der Waals surface area (Å²) >= 11 is 0. The second-order valence-corrected chi connectivity index (χ2v) is 7.88. The zero-order chi connectivity index (χ0) is 18.6. The Balaban J connectivity index is 2.27. The number of nitrogens with one attached hydrogen (secondary N) is 2. The van der Waals surface area contributed by atoms with E-state index in [0.717, 1.165) is 12.1 Å². The van der Waals surface area contributed by atoms with Crippen molar-refractivity contribution in [2.24, 2.45) is 5.92 Å². The highest BCUT2D eigenvalue weighted by molar-refractivity contribution is 7.92. The third-order valence-corrected chi connectivity index (χ3v) is 4.91. The molecule has 0 spiro atoms. The van der Waals surface area contributed by atoms with Crippen LogP contribution in [0.2, 0.25) is 0 Å². The van der Waals surface area contributed by atoms with Gasteiger partial charge in [-0.3, -0.25) is 9.52 Å². The molecular formula is C18H21FN2O3S. The van der Waals surface area contributed by atoms with Crippen LogP contribution in [0.25, 0.3) is 0 Å². The maximum atomic E-state index is 12.9. The maximum Gasteiger partial charge on any atom is 0.261 e. The van der Waals surface area contributed by atoms with E-state index in [2.05, 4.69) is 10.0 Å². The summed E-state index contributed by atoms with van der Waals surface area (Å²) in [5.74, 6) is -0.483. The summed E-state index contributed by atoms with van der Waals surface area (Å²) in [4.78, 5) is 12.2. The predicted molar refractivity (Wildman–Crippen MR) is 95.6 cm³/mol. The van der Waals surface area contributed by atoms with Crippen LogP contribution < -0.4 is 10.0 Å². The van der Waals surface area contributed by atoms with Crippen LogP contribution in [0.15, 0.2) is 47.4 Å². The Kier molecular flexibility index (Phi) is 5.79. The van der Waals surface area contributed by atoms with E-state index in [4.69, 9.17) is 0 Å². The summed E-state index contributed by atoms with van der Waals surface area (Å²) < 4.78 is 40.3. The molecule has 0 unspecified atom stereocenters. The molecule has 25 heavy (non-hydrogen) atoms. The van der Waals surface area contributed by atoms with E-state index < -0.39 is 15.8 Å². The van der Waals surface area contributed by atoms with Gasteiger partial charge in [-0.25, -0.2) is 12.8 Å². The Morgan fingerprint density at radius 1 is 1.12 bits per heavy atom. The van der Waals surface area contributed by atoms with Crippen LogP contribution in [0.5, 0.6) is 0 Å². The largest absolute Gasteiger partial charge is 0.352 e. The highest BCUT2D eigenvalue weighted by Gasteiger charge is 2.18. The molecule has 2 N–H and O–H groups in total. The molecule has 1 amide bonds. The first-order valence-corrected chi connectivity index (χ1v) is 9.34. The summed E-state index contributed by atoms with van der Waals surface area (Å²) in [6.07, 6.45) is 0. The molecule has 0 aliphatic carbocycles. The molecule has 134 valence electrons. The molecule has 2 rings (SSSR count). The van der Waals surface area contributed by atoms with Crippen LogP contribution in [0, 0.1) is 18.7 Å². The highest BCUT2D eigenvalue weighted by Crippen LogP contribution is 2.19. The fraction of sp³-hybridized carbons (Fsp3) is 0.278. The van der Waals surface area contributed by atoms with E-state index in [1.807, 2.05) is 13.8 Å². The zero-order valence-electron chi connectivity index (χ0n) is 14.3. The number of halogens is 1. The Labute approximate surface area is 147 Å². The molecule has 0 saturated carbocycles. The van der Waals surface area contributed by atoms with Crippen molar-refractivity contribution in [3.63, 3.8) is 0 Å². The molecule has 0 radical (unpaired) electrons. The summed E-state index contributed by atoms with van der Waals surface area (Å²) in [7, 11) is -3.88. The van der Waals surface area contributed by atoms with Crippen LogP contribution in [0.1, 0.15) is 29.8 Å². The van der Waals surface area contributed by atoms with Crippen molar-refractivity contribution in [1.82, 2.24) is 5.32 Å². The average molecular weight is 364 g/mol. The molecule has 7 heteroatoms. The van der Waals surface area contributed by atoms with Gasteiger partial charge in [0.2, 0.25) is 0 Å². The van der Waals surface area contributed by atoms with Crippen molar-refractivity contribution in [3.8, 4) is 0 Å². The lowest BCUT2D eigenvalue weighted by Gasteiger charge is -2.12. The molecule has 0 atom stereocenters. The van der Waals surface area contributed by atoms with Crippen LogP contribution in [-0.4, -0.2) is 20.9 Å². The van der Waals surface area contributed by atoms with Crippen molar-refractivity contribution in [3.05, 3.63) is 59.4 Å². The number of carbonyl (C=O) groups excluding carboxylic acids is 1. The molecular weight excluding hydrogens is 343 g/mol. The van der Waals surface area contributed by atoms with E-state index in [1.54, 1.807) is 13.0 Å². The van der Waals surface area contributed by atoms with Gasteiger partial charge in [0.15, 0.2) is 0 Å². The van der Waals surface area contributed by atoms with Crippen molar-refractivity contribution in [2.75, 3.05) is 11.3 Å². The van der Waals surface area contributed by atoms with E-state index in [0.29, 0.717) is 17.7 Å². The van der Waals surface area contributed by atoms with Crippen molar-refractivity contribution < 1.29 is 17.6 Å². The lowest BCUT2D eigenvalue weighted by atomic mass is 10.1. The van der Waals surface area contributed by atoms with Crippen molar-refractivity contribution in [1.29, 1.82) is 0 Å². The number of carbonyl (C=O) groups is 1. The van der Waals surface area contributed by atoms with E-state index in [9.17, 15) is 17.6 Å². The standard InChI is InChI=1S/C18H21FN2O3S/c1-12(2)11-20-18(22)17-10-16(9-4-13(17)3)25(23,24)21-15-7-5-14(19)6-8-15/h4-10,12,21H,11H2,1-3H3,(H,20,22). The Morgan fingerprint density at radius 2 is 1.76 bits per heavy atom. The van der Waals surface area contributed by atoms with Gasteiger partial charge in [-0.1, -0.05) is 19.9 Å². The van der Waals surface area contributed by atoms with E-state index >= 15 is 0 Å². The predicted octanol–water partition coefficient (Wildman–Crippen LogP) is 3.32. The van der Waals surface area contributed by atoms with Crippen molar-refractivity contribution in [2.45, 2.75) is 25.7 Å². The molecule has 0 aromatic heterocycles. The Bertz CT molecular complexity index is 862. The monoisotopic (exact) mass is 364 g/mol. The lowest BCUT2D eigenvalue weighted by molar-refractivity contribution is 0.0948. The molecule has 0 fully saturated rings. The van der Waals surface area contributed by atoms with Crippen molar-refractivity contribution >= 4 is 21.6 Å². The normalized spacial score (nSPS) is 11.4. The number of anilines is 1. The molecule has 0 heterocycles. The number of aryl methyl sites for hydroxylation is 1. The first-order valence-electron chi connectivity index (χ1n) is 7.86. The molecule has 5 nitrogen and oxygen atoms in total. The molecule has 0 aliphatic heterocycles. The number of benzene rings is 2. The number of hydrogen-bond donors (Lipinski definition) is 2. The van der Waals surface area contributed by atoms with E-state index in [-0.39, 0.29) is 22.4 Å². The first-order chi connectivity index (χ1) is 11.7. The Hall–Kier alpha value is -2.41. The fourth-order valence-electron chi connectivity index (χ4n) is 2.14. The lowest BCUT2D eigenvalue weighted by Crippen LogP contribution is -2.28. The first kappa shape index (κ1) is 18.9. The van der Waals surface area contributed by atoms with Crippen LogP contribution in [0.4, 0.5) is 10.1 Å². The zero-order valence-corrected chi connectivity index (χ0v) is 15.2. The van der Waals surface area contributed by atoms with Gasteiger partial charge in [0.05, 0.1) is 4.90 Å². The Morgan fingerprint density at radius 3 is 2.36 bits per heavy atom. The third kappa shape index (κ3) is 5.03. The van der Waals surface area contributed by atoms with Gasteiger partial charge < -0.3 is 5.32 Å². The highest BCUT2D eigenvalue weighted by atomic mass is 32.2. The summed E-state index contributed by atoms with van der Waals surface area (Å²) in [6.45, 7) is 6.19. The minimum Gasteiger partial charge on any atom is -0.352 e. The molecule has 2 aromatic carbocycles. The topological polar surface area (TPSA) is 75.3 Å². The van der Waals surface area contributed by atoms with Gasteiger partial charge in [-0.2, -0.15) is 0 Å². The average Bonchev–Trinajstić information content (AvgIpc) is 2.54. The second-order valence-electron chi connectivity index (χ2n) is 6.19. The molecule has 0 aliphatic rings. The van der Waals surface area contributed by atoms with Crippen LogP contribution in [0.3, 0.4) is 0 Å². The third-order valence-electron chi connectivity index (χ3n) is 3.53. The van der Waals surface area contributed by atoms with Gasteiger partial charge in [0, 0.05) is 17.8 Å². The molecule has 0 bridgehead atoms. The number of amides is 1. The fourth-order valence-corrected chi connectivity index (χ4v) is 3.22. The smallest absolute Gasteiger partial charge is 0.261 e. The van der Waals surface area contributed by atoms with Crippen LogP contribution >= 0.6 is 0 Å². The quantitative estimate of drug-likeness (QED) is 0.826. The SMILES string of the molecule is Cc1ccc(S(=O)(=O)Nc2ccc(F)cc2)cc1C(=O)NCC(C)C. The summed E-state index contributed by atoms with van der Waals surface area (Å²) in [5.41, 5.74) is 1.23. The van der Waals surface area contributed by atoms with Gasteiger partial charge >= 0.3 is 0 Å². The molecule has 0 saturated heterocycles. The minimum absolute atomic E-state index is 0.0304. The summed E-state index contributed by atoms with van der Waals surface area (Å²) in [5, 5.41) is 2.78. The molecule has 2 aromatic rings. The van der Waals surface area contributed by atoms with Gasteiger partial charge in [0.25, 0.3) is 15.9 Å².